The summed E-state index contributed by atoms with van der Waals surface area (Å²) in [4.78, 5) is 10.3. The van der Waals surface area contributed by atoms with Crippen LogP contribution in [0.3, 0.4) is 0 Å². The van der Waals surface area contributed by atoms with Crippen molar-refractivity contribution in [2.45, 2.75) is 32.7 Å². The van der Waals surface area contributed by atoms with Crippen LogP contribution < -0.4 is 0 Å². The molecule has 3 nitrogen and oxygen atoms in total. The van der Waals surface area contributed by atoms with Gasteiger partial charge < -0.3 is 4.98 Å². The van der Waals surface area contributed by atoms with E-state index in [9.17, 15) is 4.39 Å². The molecule has 2 aliphatic heterocycles. The smallest absolute Gasteiger partial charge is 0.123 e. The lowest BCUT2D eigenvalue weighted by atomic mass is 9.88. The fourth-order valence-electron chi connectivity index (χ4n) is 4.98. The van der Waals surface area contributed by atoms with Gasteiger partial charge in [0.2, 0.25) is 0 Å². The molecule has 0 unspecified atom stereocenters. The van der Waals surface area contributed by atoms with Crippen molar-refractivity contribution in [3.05, 3.63) is 72.4 Å². The summed E-state index contributed by atoms with van der Waals surface area (Å²) in [5.74, 6) is -0.218. The topological polar surface area (TPSA) is 31.9 Å². The van der Waals surface area contributed by atoms with E-state index in [1.807, 2.05) is 36.7 Å². The summed E-state index contributed by atoms with van der Waals surface area (Å²) in [5.41, 5.74) is 7.36. The second kappa shape index (κ2) is 6.96. The molecule has 4 heteroatoms. The molecular weight excluding hydrogens is 361 g/mol. The van der Waals surface area contributed by atoms with Crippen molar-refractivity contribution >= 4 is 5.57 Å². The Morgan fingerprint density at radius 2 is 1.83 bits per heavy atom. The first-order valence-electron chi connectivity index (χ1n) is 10.3. The molecule has 2 aromatic heterocycles. The van der Waals surface area contributed by atoms with Gasteiger partial charge in [-0.15, -0.1) is 0 Å². The van der Waals surface area contributed by atoms with Crippen molar-refractivity contribution in [2.24, 2.45) is 5.41 Å². The van der Waals surface area contributed by atoms with Crippen molar-refractivity contribution in [3.8, 4) is 22.4 Å². The molecule has 0 saturated carbocycles. The van der Waals surface area contributed by atoms with E-state index in [2.05, 4.69) is 41.0 Å². The number of nitrogens with one attached hydrogen (secondary N) is 1. The van der Waals surface area contributed by atoms with Crippen LogP contribution in [0.25, 0.3) is 28.0 Å². The van der Waals surface area contributed by atoms with E-state index in [4.69, 9.17) is 0 Å². The van der Waals surface area contributed by atoms with Gasteiger partial charge >= 0.3 is 0 Å². The fourth-order valence-corrected chi connectivity index (χ4v) is 4.98. The number of benzene rings is 1. The molecule has 2 aliphatic rings. The number of pyridine rings is 1. The van der Waals surface area contributed by atoms with Crippen LogP contribution >= 0.6 is 0 Å². The lowest BCUT2D eigenvalue weighted by Crippen LogP contribution is -2.33. The number of halogens is 1. The lowest BCUT2D eigenvalue weighted by molar-refractivity contribution is 0.266. The summed E-state index contributed by atoms with van der Waals surface area (Å²) in [6.07, 6.45) is 10.5. The predicted molar refractivity (Wildman–Crippen MR) is 116 cm³/mol. The highest BCUT2D eigenvalue weighted by Gasteiger charge is 2.38. The number of aromatic nitrogens is 2. The maximum absolute atomic E-state index is 13.5. The number of aromatic amines is 1. The van der Waals surface area contributed by atoms with Crippen LogP contribution in [-0.4, -0.2) is 34.0 Å². The van der Waals surface area contributed by atoms with Crippen molar-refractivity contribution in [3.63, 3.8) is 0 Å². The van der Waals surface area contributed by atoms with Gasteiger partial charge in [0.05, 0.1) is 5.69 Å². The minimum atomic E-state index is -0.218. The van der Waals surface area contributed by atoms with Crippen LogP contribution in [0.5, 0.6) is 0 Å². The lowest BCUT2D eigenvalue weighted by Gasteiger charge is -2.28. The van der Waals surface area contributed by atoms with Crippen LogP contribution in [-0.2, 0) is 0 Å². The first kappa shape index (κ1) is 18.3. The molecule has 0 spiro atoms. The summed E-state index contributed by atoms with van der Waals surface area (Å²) < 4.78 is 13.5. The Morgan fingerprint density at radius 3 is 2.59 bits per heavy atom. The van der Waals surface area contributed by atoms with Crippen LogP contribution in [0, 0.1) is 11.2 Å². The SMILES string of the molecule is CC1(C)C[C@H]2C=C(c3c[nH]c(-c4ccc(F)cc4)c3-c3ccncc3)CCN2C1. The Bertz CT molecular complexity index is 1050. The van der Waals surface area contributed by atoms with Gasteiger partial charge in [-0.2, -0.15) is 0 Å². The van der Waals surface area contributed by atoms with E-state index in [0.717, 1.165) is 29.8 Å². The largest absolute Gasteiger partial charge is 0.360 e. The van der Waals surface area contributed by atoms with E-state index in [-0.39, 0.29) is 5.82 Å². The fraction of sp³-hybridized carbons (Fsp3) is 0.320. The Balaban J connectivity index is 1.62. The second-order valence-corrected chi connectivity index (χ2v) is 9.04. The first-order chi connectivity index (χ1) is 14.0. The molecule has 5 rings (SSSR count). The van der Waals surface area contributed by atoms with Gasteiger partial charge in [0.15, 0.2) is 0 Å². The summed E-state index contributed by atoms with van der Waals surface area (Å²) in [6, 6.07) is 11.3. The van der Waals surface area contributed by atoms with Crippen molar-refractivity contribution < 1.29 is 4.39 Å². The van der Waals surface area contributed by atoms with Gasteiger partial charge in [0.25, 0.3) is 0 Å². The van der Waals surface area contributed by atoms with Gasteiger partial charge in [-0.25, -0.2) is 4.39 Å². The quantitative estimate of drug-likeness (QED) is 0.619. The standard InChI is InChI=1S/C25H26FN3/c1-25(2)14-21-13-19(9-12-29(21)16-25)22-15-28-24(18-3-5-20(26)6-4-18)23(22)17-7-10-27-11-8-17/h3-8,10-11,13,15,21,28H,9,12,14,16H2,1-2H3/t21-/m1/s1. The molecule has 0 bridgehead atoms. The highest BCUT2D eigenvalue weighted by atomic mass is 19.1. The second-order valence-electron chi connectivity index (χ2n) is 9.04. The average Bonchev–Trinajstić information content (AvgIpc) is 3.28. The summed E-state index contributed by atoms with van der Waals surface area (Å²) in [7, 11) is 0. The zero-order chi connectivity index (χ0) is 20.0. The van der Waals surface area contributed by atoms with Gasteiger partial charge in [-0.3, -0.25) is 9.88 Å². The zero-order valence-electron chi connectivity index (χ0n) is 17.0. The molecule has 3 aromatic rings. The molecule has 0 aliphatic carbocycles. The van der Waals surface area contributed by atoms with Crippen LogP contribution in [0.4, 0.5) is 4.39 Å². The van der Waals surface area contributed by atoms with Crippen LogP contribution in [0.1, 0.15) is 32.3 Å². The number of nitrogens with zero attached hydrogens (tertiary/aromatic N) is 2. The van der Waals surface area contributed by atoms with E-state index in [0.29, 0.717) is 11.5 Å². The number of hydrogen-bond donors (Lipinski definition) is 1. The van der Waals surface area contributed by atoms with Gasteiger partial charge in [0.1, 0.15) is 5.82 Å². The van der Waals surface area contributed by atoms with E-state index in [1.165, 1.54) is 41.8 Å². The molecular formula is C25H26FN3. The summed E-state index contributed by atoms with van der Waals surface area (Å²) in [5, 5.41) is 0. The third kappa shape index (κ3) is 3.42. The molecule has 1 atom stereocenters. The van der Waals surface area contributed by atoms with Crippen molar-refractivity contribution in [1.82, 2.24) is 14.9 Å². The molecule has 29 heavy (non-hydrogen) atoms. The Labute approximate surface area is 171 Å². The molecule has 1 fully saturated rings. The molecule has 0 radical (unpaired) electrons. The average molecular weight is 388 g/mol. The third-order valence-electron chi connectivity index (χ3n) is 6.25. The number of fused-ring (bicyclic) bond motifs is 1. The van der Waals surface area contributed by atoms with Crippen molar-refractivity contribution in [1.29, 1.82) is 0 Å². The van der Waals surface area contributed by atoms with Crippen LogP contribution in [0.15, 0.2) is 61.1 Å². The number of H-pyrrole nitrogens is 1. The Hall–Kier alpha value is -2.72. The maximum atomic E-state index is 13.5. The maximum Gasteiger partial charge on any atom is 0.123 e. The summed E-state index contributed by atoms with van der Waals surface area (Å²) in [6.45, 7) is 7.01. The normalized spacial score (nSPS) is 21.1. The highest BCUT2D eigenvalue weighted by Crippen LogP contribution is 2.43. The minimum Gasteiger partial charge on any atom is -0.360 e. The monoisotopic (exact) mass is 387 g/mol. The third-order valence-corrected chi connectivity index (χ3v) is 6.25. The zero-order valence-corrected chi connectivity index (χ0v) is 17.0. The Kier molecular flexibility index (Phi) is 4.39. The molecule has 0 amide bonds. The molecule has 4 heterocycles. The minimum absolute atomic E-state index is 0.218. The van der Waals surface area contributed by atoms with Crippen molar-refractivity contribution in [2.75, 3.05) is 13.1 Å². The van der Waals surface area contributed by atoms with Gasteiger partial charge in [0, 0.05) is 48.8 Å². The Morgan fingerprint density at radius 1 is 1.07 bits per heavy atom. The molecule has 1 N–H and O–H groups in total. The van der Waals surface area contributed by atoms with E-state index < -0.39 is 0 Å². The number of rotatable bonds is 3. The van der Waals surface area contributed by atoms with Gasteiger partial charge in [-0.05, 0) is 71.4 Å². The molecule has 1 saturated heterocycles. The molecule has 148 valence electrons. The molecule has 1 aromatic carbocycles. The van der Waals surface area contributed by atoms with Crippen LogP contribution in [0.2, 0.25) is 0 Å². The van der Waals surface area contributed by atoms with E-state index in [1.54, 1.807) is 0 Å². The number of hydrogen-bond acceptors (Lipinski definition) is 2. The highest BCUT2D eigenvalue weighted by molar-refractivity contribution is 5.91. The summed E-state index contributed by atoms with van der Waals surface area (Å²) >= 11 is 0. The first-order valence-corrected chi connectivity index (χ1v) is 10.3. The predicted octanol–water partition coefficient (Wildman–Crippen LogP) is 5.77. The van der Waals surface area contributed by atoms with E-state index >= 15 is 0 Å². The van der Waals surface area contributed by atoms with Gasteiger partial charge in [-0.1, -0.05) is 19.9 Å².